The molecule has 3 N–H and O–H groups in total. The molecular formula is C13H19NO3. The van der Waals surface area contributed by atoms with Gasteiger partial charge in [0.2, 0.25) is 0 Å². The molecule has 0 atom stereocenters. The lowest BCUT2D eigenvalue weighted by atomic mass is 10.2. The molecule has 0 aliphatic heterocycles. The molecule has 1 rings (SSSR count). The molecule has 0 saturated heterocycles. The van der Waals surface area contributed by atoms with E-state index < -0.39 is 5.91 Å². The second-order valence-electron chi connectivity index (χ2n) is 3.95. The number of rotatable bonds is 7. The van der Waals surface area contributed by atoms with Gasteiger partial charge in [0.1, 0.15) is 11.5 Å². The van der Waals surface area contributed by atoms with E-state index >= 15 is 0 Å². The van der Waals surface area contributed by atoms with Crippen molar-refractivity contribution < 1.29 is 14.6 Å². The number of phenols is 1. The molecule has 0 heterocycles. The molecule has 0 radical (unpaired) electrons. The lowest BCUT2D eigenvalue weighted by molar-refractivity contribution is 0.0997. The fourth-order valence-corrected chi connectivity index (χ4v) is 1.53. The molecule has 0 fully saturated rings. The first-order valence-corrected chi connectivity index (χ1v) is 5.90. The average Bonchev–Trinajstić information content (AvgIpc) is 2.28. The monoisotopic (exact) mass is 237 g/mol. The van der Waals surface area contributed by atoms with Crippen LogP contribution in [0, 0.1) is 0 Å². The van der Waals surface area contributed by atoms with Crippen LogP contribution in [0.15, 0.2) is 18.2 Å². The summed E-state index contributed by atoms with van der Waals surface area (Å²) in [4.78, 5) is 10.9. The fourth-order valence-electron chi connectivity index (χ4n) is 1.53. The van der Waals surface area contributed by atoms with Crippen molar-refractivity contribution >= 4 is 5.91 Å². The molecule has 1 aromatic carbocycles. The number of unbranched alkanes of at least 4 members (excludes halogenated alkanes) is 3. The second-order valence-corrected chi connectivity index (χ2v) is 3.95. The molecule has 1 aromatic rings. The van der Waals surface area contributed by atoms with Crippen molar-refractivity contribution in [1.29, 1.82) is 0 Å². The molecule has 0 aliphatic carbocycles. The van der Waals surface area contributed by atoms with Gasteiger partial charge in [-0.1, -0.05) is 26.2 Å². The number of primary amides is 1. The Hall–Kier alpha value is -1.71. The number of hydrogen-bond acceptors (Lipinski definition) is 3. The highest BCUT2D eigenvalue weighted by molar-refractivity contribution is 5.95. The van der Waals surface area contributed by atoms with Gasteiger partial charge in [0.05, 0.1) is 12.2 Å². The van der Waals surface area contributed by atoms with Gasteiger partial charge in [-0.05, 0) is 18.6 Å². The van der Waals surface area contributed by atoms with Crippen LogP contribution < -0.4 is 10.5 Å². The topological polar surface area (TPSA) is 72.5 Å². The lowest BCUT2D eigenvalue weighted by Crippen LogP contribution is -2.11. The summed E-state index contributed by atoms with van der Waals surface area (Å²) in [7, 11) is 0. The van der Waals surface area contributed by atoms with Crippen molar-refractivity contribution in [2.45, 2.75) is 32.6 Å². The van der Waals surface area contributed by atoms with Crippen LogP contribution in [0.4, 0.5) is 0 Å². The van der Waals surface area contributed by atoms with Crippen molar-refractivity contribution in [3.8, 4) is 11.5 Å². The fraction of sp³-hybridized carbons (Fsp3) is 0.462. The van der Waals surface area contributed by atoms with Gasteiger partial charge in [0.25, 0.3) is 5.91 Å². The van der Waals surface area contributed by atoms with E-state index in [-0.39, 0.29) is 11.3 Å². The maximum Gasteiger partial charge on any atom is 0.252 e. The molecule has 0 spiro atoms. The summed E-state index contributed by atoms with van der Waals surface area (Å²) in [6.07, 6.45) is 4.53. The lowest BCUT2D eigenvalue weighted by Gasteiger charge is -2.07. The summed E-state index contributed by atoms with van der Waals surface area (Å²) in [5.41, 5.74) is 5.19. The first-order valence-electron chi connectivity index (χ1n) is 5.90. The number of aromatic hydroxyl groups is 1. The summed E-state index contributed by atoms with van der Waals surface area (Å²) >= 11 is 0. The Labute approximate surface area is 101 Å². The first kappa shape index (κ1) is 13.4. The summed E-state index contributed by atoms with van der Waals surface area (Å²) in [5.74, 6) is -0.218. The standard InChI is InChI=1S/C13H19NO3/c1-2-3-4-5-8-17-10-6-7-11(13(14)16)12(15)9-10/h6-7,9,15H,2-5,8H2,1H3,(H2,14,16). The molecule has 4 nitrogen and oxygen atoms in total. The van der Waals surface area contributed by atoms with Crippen molar-refractivity contribution in [1.82, 2.24) is 0 Å². The van der Waals surface area contributed by atoms with Crippen LogP contribution in [0.3, 0.4) is 0 Å². The Kier molecular flexibility index (Phi) is 5.33. The quantitative estimate of drug-likeness (QED) is 0.715. The highest BCUT2D eigenvalue weighted by Crippen LogP contribution is 2.23. The predicted octanol–water partition coefficient (Wildman–Crippen LogP) is 2.45. The maximum atomic E-state index is 10.9. The maximum absolute atomic E-state index is 10.9. The smallest absolute Gasteiger partial charge is 0.252 e. The second kappa shape index (κ2) is 6.78. The van der Waals surface area contributed by atoms with Crippen LogP contribution in [-0.2, 0) is 0 Å². The number of hydrogen-bond donors (Lipinski definition) is 2. The van der Waals surface area contributed by atoms with E-state index in [1.165, 1.54) is 25.0 Å². The minimum absolute atomic E-state index is 0.114. The third kappa shape index (κ3) is 4.34. The zero-order valence-electron chi connectivity index (χ0n) is 10.1. The average molecular weight is 237 g/mol. The Balaban J connectivity index is 2.45. The normalized spacial score (nSPS) is 10.2. The summed E-state index contributed by atoms with van der Waals surface area (Å²) < 4.78 is 5.46. The van der Waals surface area contributed by atoms with Crippen LogP contribution in [0.1, 0.15) is 43.0 Å². The van der Waals surface area contributed by atoms with Gasteiger partial charge in [-0.25, -0.2) is 0 Å². The van der Waals surface area contributed by atoms with Crippen LogP contribution in [0.25, 0.3) is 0 Å². The van der Waals surface area contributed by atoms with Gasteiger partial charge >= 0.3 is 0 Å². The molecule has 4 heteroatoms. The molecule has 1 amide bonds. The minimum Gasteiger partial charge on any atom is -0.507 e. The van der Waals surface area contributed by atoms with Gasteiger partial charge in [0.15, 0.2) is 0 Å². The van der Waals surface area contributed by atoms with Crippen molar-refractivity contribution in [3.63, 3.8) is 0 Å². The van der Waals surface area contributed by atoms with E-state index in [2.05, 4.69) is 6.92 Å². The third-order valence-corrected chi connectivity index (χ3v) is 2.50. The van der Waals surface area contributed by atoms with E-state index in [0.29, 0.717) is 12.4 Å². The van der Waals surface area contributed by atoms with Crippen molar-refractivity contribution in [2.24, 2.45) is 5.73 Å². The molecule has 0 saturated carbocycles. The summed E-state index contributed by atoms with van der Waals surface area (Å²) in [6, 6.07) is 4.53. The molecule has 0 aromatic heterocycles. The van der Waals surface area contributed by atoms with E-state index in [0.717, 1.165) is 12.8 Å². The number of carbonyl (C=O) groups is 1. The van der Waals surface area contributed by atoms with Gasteiger partial charge in [-0.15, -0.1) is 0 Å². The number of carbonyl (C=O) groups excluding carboxylic acids is 1. The minimum atomic E-state index is -0.642. The molecule has 17 heavy (non-hydrogen) atoms. The van der Waals surface area contributed by atoms with Gasteiger partial charge in [0, 0.05) is 6.07 Å². The van der Waals surface area contributed by atoms with Gasteiger partial charge in [-0.2, -0.15) is 0 Å². The van der Waals surface area contributed by atoms with Crippen LogP contribution in [-0.4, -0.2) is 17.6 Å². The first-order chi connectivity index (χ1) is 8.15. The van der Waals surface area contributed by atoms with Crippen molar-refractivity contribution in [3.05, 3.63) is 23.8 Å². The highest BCUT2D eigenvalue weighted by Gasteiger charge is 2.07. The molecule has 0 aliphatic rings. The van der Waals surface area contributed by atoms with E-state index in [1.54, 1.807) is 6.07 Å². The predicted molar refractivity (Wildman–Crippen MR) is 66.3 cm³/mol. The number of nitrogens with two attached hydrogens (primary N) is 1. The number of amides is 1. The Morgan fingerprint density at radius 2 is 2.12 bits per heavy atom. The van der Waals surface area contributed by atoms with Gasteiger partial charge < -0.3 is 15.6 Å². The Morgan fingerprint density at radius 3 is 2.71 bits per heavy atom. The van der Waals surface area contributed by atoms with Crippen LogP contribution in [0.5, 0.6) is 11.5 Å². The summed E-state index contributed by atoms with van der Waals surface area (Å²) in [5, 5.41) is 9.52. The largest absolute Gasteiger partial charge is 0.507 e. The van der Waals surface area contributed by atoms with Crippen LogP contribution in [0.2, 0.25) is 0 Å². The zero-order chi connectivity index (χ0) is 12.7. The molecule has 94 valence electrons. The highest BCUT2D eigenvalue weighted by atomic mass is 16.5. The molecule has 0 bridgehead atoms. The number of ether oxygens (including phenoxy) is 1. The summed E-state index contributed by atoms with van der Waals surface area (Å²) in [6.45, 7) is 2.77. The van der Waals surface area contributed by atoms with E-state index in [4.69, 9.17) is 10.5 Å². The SMILES string of the molecule is CCCCCCOc1ccc(C(N)=O)c(O)c1. The van der Waals surface area contributed by atoms with Crippen LogP contribution >= 0.6 is 0 Å². The molecular weight excluding hydrogens is 218 g/mol. The van der Waals surface area contributed by atoms with Gasteiger partial charge in [-0.3, -0.25) is 4.79 Å². The third-order valence-electron chi connectivity index (χ3n) is 2.50. The Morgan fingerprint density at radius 1 is 1.35 bits per heavy atom. The molecule has 0 unspecified atom stereocenters. The zero-order valence-corrected chi connectivity index (χ0v) is 10.1. The Bertz CT molecular complexity index is 377. The van der Waals surface area contributed by atoms with E-state index in [9.17, 15) is 9.90 Å². The number of benzene rings is 1. The van der Waals surface area contributed by atoms with E-state index in [1.807, 2.05) is 0 Å². The van der Waals surface area contributed by atoms with Crippen molar-refractivity contribution in [2.75, 3.05) is 6.61 Å².